The zero-order valence-corrected chi connectivity index (χ0v) is 15.1. The minimum absolute atomic E-state index is 0.593. The average Bonchev–Trinajstić information content (AvgIpc) is 2.94. The highest BCUT2D eigenvalue weighted by Crippen LogP contribution is 2.22. The van der Waals surface area contributed by atoms with Crippen LogP contribution in [0.25, 0.3) is 0 Å². The van der Waals surface area contributed by atoms with Gasteiger partial charge in [0.1, 0.15) is 11.5 Å². The summed E-state index contributed by atoms with van der Waals surface area (Å²) in [5.74, 6) is 1.60. The molecule has 0 aliphatic carbocycles. The van der Waals surface area contributed by atoms with Crippen LogP contribution in [-0.4, -0.2) is 9.68 Å². The van der Waals surface area contributed by atoms with Crippen LogP contribution >= 0.6 is 12.2 Å². The quantitative estimate of drug-likeness (QED) is 0.658. The summed E-state index contributed by atoms with van der Waals surface area (Å²) in [5, 5.41) is 7.00. The summed E-state index contributed by atoms with van der Waals surface area (Å²) in [6.45, 7) is 2.77. The van der Waals surface area contributed by atoms with Gasteiger partial charge in [-0.15, -0.1) is 0 Å². The molecule has 0 saturated carbocycles. The highest BCUT2D eigenvalue weighted by molar-refractivity contribution is 7.80. The zero-order chi connectivity index (χ0) is 17.6. The largest absolute Gasteiger partial charge is 0.457 e. The predicted molar refractivity (Wildman–Crippen MR) is 106 cm³/mol. The lowest BCUT2D eigenvalue weighted by molar-refractivity contribution is 0.483. The van der Waals surface area contributed by atoms with Crippen molar-refractivity contribution in [2.45, 2.75) is 13.5 Å². The van der Waals surface area contributed by atoms with Gasteiger partial charge in [0.2, 0.25) is 0 Å². The standard InChI is InChI=1S/C20H21N3OS/c1-15-8-11-17(23(15)2)14-21-20(25)22-16-9-12-19(13-10-16)24-18-6-4-3-5-7-18/h3-13H,14H2,1-2H3,(H2,21,22,25). The van der Waals surface area contributed by atoms with Gasteiger partial charge in [0, 0.05) is 24.1 Å². The Labute approximate surface area is 153 Å². The number of hydrogen-bond acceptors (Lipinski definition) is 2. The second kappa shape index (κ2) is 7.85. The number of thiocarbonyl (C=S) groups is 1. The molecule has 5 heteroatoms. The van der Waals surface area contributed by atoms with E-state index in [1.807, 2.05) is 61.6 Å². The van der Waals surface area contributed by atoms with Crippen LogP contribution < -0.4 is 15.4 Å². The molecule has 0 unspecified atom stereocenters. The van der Waals surface area contributed by atoms with Crippen LogP contribution in [0.3, 0.4) is 0 Å². The molecule has 4 nitrogen and oxygen atoms in total. The van der Waals surface area contributed by atoms with Gasteiger partial charge in [0.25, 0.3) is 0 Å². The Morgan fingerprint density at radius 1 is 0.960 bits per heavy atom. The molecule has 0 atom stereocenters. The number of anilines is 1. The molecule has 1 aromatic heterocycles. The topological polar surface area (TPSA) is 38.2 Å². The fourth-order valence-electron chi connectivity index (χ4n) is 2.42. The molecule has 2 aromatic carbocycles. The van der Waals surface area contributed by atoms with Crippen molar-refractivity contribution in [2.75, 3.05) is 5.32 Å². The van der Waals surface area contributed by atoms with E-state index >= 15 is 0 Å². The average molecular weight is 351 g/mol. The molecule has 0 fully saturated rings. The van der Waals surface area contributed by atoms with Crippen molar-refractivity contribution in [3.8, 4) is 11.5 Å². The monoisotopic (exact) mass is 351 g/mol. The lowest BCUT2D eigenvalue weighted by Crippen LogP contribution is -2.28. The summed E-state index contributed by atoms with van der Waals surface area (Å²) in [5.41, 5.74) is 3.33. The Morgan fingerprint density at radius 3 is 2.28 bits per heavy atom. The molecule has 0 aliphatic rings. The maximum absolute atomic E-state index is 5.78. The first-order chi connectivity index (χ1) is 12.1. The van der Waals surface area contributed by atoms with Crippen LogP contribution in [0.2, 0.25) is 0 Å². The van der Waals surface area contributed by atoms with E-state index in [2.05, 4.69) is 34.3 Å². The minimum Gasteiger partial charge on any atom is -0.457 e. The smallest absolute Gasteiger partial charge is 0.171 e. The SMILES string of the molecule is Cc1ccc(CNC(=S)Nc2ccc(Oc3ccccc3)cc2)n1C. The van der Waals surface area contributed by atoms with Gasteiger partial charge in [-0.25, -0.2) is 0 Å². The Balaban J connectivity index is 1.52. The maximum Gasteiger partial charge on any atom is 0.171 e. The van der Waals surface area contributed by atoms with E-state index in [9.17, 15) is 0 Å². The maximum atomic E-state index is 5.78. The van der Waals surface area contributed by atoms with Gasteiger partial charge in [-0.2, -0.15) is 0 Å². The Morgan fingerprint density at radius 2 is 1.64 bits per heavy atom. The number of nitrogens with one attached hydrogen (secondary N) is 2. The molecule has 128 valence electrons. The van der Waals surface area contributed by atoms with Gasteiger partial charge < -0.3 is 19.9 Å². The highest BCUT2D eigenvalue weighted by Gasteiger charge is 2.03. The molecule has 3 rings (SSSR count). The van der Waals surface area contributed by atoms with Crippen LogP contribution in [0, 0.1) is 6.92 Å². The first kappa shape index (κ1) is 17.0. The Bertz CT molecular complexity index is 841. The lowest BCUT2D eigenvalue weighted by atomic mass is 10.3. The summed E-state index contributed by atoms with van der Waals surface area (Å²) in [4.78, 5) is 0. The van der Waals surface area contributed by atoms with Gasteiger partial charge >= 0.3 is 0 Å². The van der Waals surface area contributed by atoms with E-state index < -0.39 is 0 Å². The third kappa shape index (κ3) is 4.61. The van der Waals surface area contributed by atoms with Crippen molar-refractivity contribution in [1.29, 1.82) is 0 Å². The lowest BCUT2D eigenvalue weighted by Gasteiger charge is -2.12. The van der Waals surface area contributed by atoms with Gasteiger partial charge in [-0.1, -0.05) is 18.2 Å². The fourth-order valence-corrected chi connectivity index (χ4v) is 2.61. The minimum atomic E-state index is 0.593. The highest BCUT2D eigenvalue weighted by atomic mass is 32.1. The van der Waals surface area contributed by atoms with Crippen molar-refractivity contribution in [2.24, 2.45) is 7.05 Å². The summed E-state index contributed by atoms with van der Waals surface area (Å²) >= 11 is 5.36. The van der Waals surface area contributed by atoms with Crippen molar-refractivity contribution in [1.82, 2.24) is 9.88 Å². The number of aryl methyl sites for hydroxylation is 1. The fraction of sp³-hybridized carbons (Fsp3) is 0.150. The Hall–Kier alpha value is -2.79. The molecule has 25 heavy (non-hydrogen) atoms. The summed E-state index contributed by atoms with van der Waals surface area (Å²) in [6.07, 6.45) is 0. The molecule has 2 N–H and O–H groups in total. The van der Waals surface area contributed by atoms with E-state index in [-0.39, 0.29) is 0 Å². The van der Waals surface area contributed by atoms with Crippen LogP contribution in [0.1, 0.15) is 11.4 Å². The van der Waals surface area contributed by atoms with Gasteiger partial charge in [-0.05, 0) is 67.7 Å². The van der Waals surface area contributed by atoms with Crippen molar-refractivity contribution in [3.05, 3.63) is 78.1 Å². The molecule has 0 bridgehead atoms. The summed E-state index contributed by atoms with van der Waals surface area (Å²) in [6, 6.07) is 21.6. The molecule has 3 aromatic rings. The summed E-state index contributed by atoms with van der Waals surface area (Å²) < 4.78 is 7.92. The molecular weight excluding hydrogens is 330 g/mol. The van der Waals surface area contributed by atoms with Crippen LogP contribution in [0.5, 0.6) is 11.5 Å². The molecule has 1 heterocycles. The molecule has 0 saturated heterocycles. The first-order valence-corrected chi connectivity index (χ1v) is 8.51. The third-order valence-corrected chi connectivity index (χ3v) is 4.24. The van der Waals surface area contributed by atoms with Crippen molar-refractivity contribution < 1.29 is 4.74 Å². The van der Waals surface area contributed by atoms with E-state index in [1.54, 1.807) is 0 Å². The zero-order valence-electron chi connectivity index (χ0n) is 14.3. The summed E-state index contributed by atoms with van der Waals surface area (Å²) in [7, 11) is 2.05. The molecule has 0 radical (unpaired) electrons. The van der Waals surface area contributed by atoms with Crippen molar-refractivity contribution >= 4 is 23.0 Å². The number of ether oxygens (including phenoxy) is 1. The molecule has 0 spiro atoms. The van der Waals surface area contributed by atoms with E-state index in [0.717, 1.165) is 17.2 Å². The molecule has 0 amide bonds. The van der Waals surface area contributed by atoms with Crippen LogP contribution in [-0.2, 0) is 13.6 Å². The van der Waals surface area contributed by atoms with Gasteiger partial charge in [-0.3, -0.25) is 0 Å². The van der Waals surface area contributed by atoms with E-state index in [1.165, 1.54) is 11.4 Å². The van der Waals surface area contributed by atoms with Crippen LogP contribution in [0.4, 0.5) is 5.69 Å². The van der Waals surface area contributed by atoms with Crippen LogP contribution in [0.15, 0.2) is 66.7 Å². The second-order valence-electron chi connectivity index (χ2n) is 5.77. The van der Waals surface area contributed by atoms with E-state index in [0.29, 0.717) is 11.7 Å². The number of para-hydroxylation sites is 1. The first-order valence-electron chi connectivity index (χ1n) is 8.11. The number of rotatable bonds is 5. The number of aromatic nitrogens is 1. The normalized spacial score (nSPS) is 10.3. The molecule has 0 aliphatic heterocycles. The van der Waals surface area contributed by atoms with Gasteiger partial charge in [0.05, 0.1) is 6.54 Å². The number of nitrogens with zero attached hydrogens (tertiary/aromatic N) is 1. The van der Waals surface area contributed by atoms with Crippen molar-refractivity contribution in [3.63, 3.8) is 0 Å². The Kier molecular flexibility index (Phi) is 5.36. The second-order valence-corrected chi connectivity index (χ2v) is 6.18. The predicted octanol–water partition coefficient (Wildman–Crippen LogP) is 4.61. The van der Waals surface area contributed by atoms with Gasteiger partial charge in [0.15, 0.2) is 5.11 Å². The third-order valence-electron chi connectivity index (χ3n) is 4.00. The van der Waals surface area contributed by atoms with E-state index in [4.69, 9.17) is 17.0 Å². The number of benzene rings is 2. The molecular formula is C20H21N3OS. The number of hydrogen-bond donors (Lipinski definition) is 2.